The first-order valence-electron chi connectivity index (χ1n) is 20.7. The zero-order valence-electron chi connectivity index (χ0n) is 33.9. The van der Waals surface area contributed by atoms with Crippen molar-refractivity contribution in [1.82, 2.24) is 13.7 Å². The highest BCUT2D eigenvalue weighted by atomic mass is 15.0. The van der Waals surface area contributed by atoms with Gasteiger partial charge in [0.25, 0.3) is 0 Å². The summed E-state index contributed by atoms with van der Waals surface area (Å²) in [4.78, 5) is 0. The number of para-hydroxylation sites is 4. The molecular formula is C57H37N5. The van der Waals surface area contributed by atoms with E-state index in [0.717, 1.165) is 82.9 Å². The molecule has 0 spiro atoms. The smallest absolute Gasteiger partial charge is 0.101 e. The first kappa shape index (κ1) is 36.4. The summed E-state index contributed by atoms with van der Waals surface area (Å²) in [6.45, 7) is 6.02. The zero-order chi connectivity index (χ0) is 41.9. The summed E-state index contributed by atoms with van der Waals surface area (Å²) in [6.07, 6.45) is 8.04. The highest BCUT2D eigenvalue weighted by Crippen LogP contribution is 2.42. The van der Waals surface area contributed by atoms with Crippen molar-refractivity contribution in [3.05, 3.63) is 212 Å². The summed E-state index contributed by atoms with van der Waals surface area (Å²) in [5, 5.41) is 27.5. The Morgan fingerprint density at radius 1 is 0.468 bits per heavy atom. The molecule has 5 nitrogen and oxygen atoms in total. The predicted molar refractivity (Wildman–Crippen MR) is 258 cm³/mol. The van der Waals surface area contributed by atoms with Crippen LogP contribution in [0.3, 0.4) is 0 Å². The molecule has 0 aliphatic carbocycles. The second-order valence-electron chi connectivity index (χ2n) is 15.6. The summed E-state index contributed by atoms with van der Waals surface area (Å²) in [5.41, 5.74) is 14.4. The maximum absolute atomic E-state index is 10.4. The van der Waals surface area contributed by atoms with E-state index in [4.69, 9.17) is 0 Å². The van der Waals surface area contributed by atoms with Gasteiger partial charge in [-0.15, -0.1) is 0 Å². The van der Waals surface area contributed by atoms with E-state index >= 15 is 0 Å². The van der Waals surface area contributed by atoms with Crippen LogP contribution in [0, 0.1) is 22.7 Å². The lowest BCUT2D eigenvalue weighted by atomic mass is 9.98. The van der Waals surface area contributed by atoms with Gasteiger partial charge in [-0.2, -0.15) is 10.5 Å². The molecule has 0 amide bonds. The fourth-order valence-electron chi connectivity index (χ4n) is 9.52. The summed E-state index contributed by atoms with van der Waals surface area (Å²) < 4.78 is 6.72. The number of rotatable bonds is 7. The van der Waals surface area contributed by atoms with Crippen molar-refractivity contribution in [3.8, 4) is 45.8 Å². The number of hydrogen-bond acceptors (Lipinski definition) is 2. The summed E-state index contributed by atoms with van der Waals surface area (Å²) >= 11 is 0. The second-order valence-corrected chi connectivity index (χ2v) is 15.6. The van der Waals surface area contributed by atoms with Crippen LogP contribution in [0.4, 0.5) is 0 Å². The van der Waals surface area contributed by atoms with Crippen LogP contribution in [0.15, 0.2) is 201 Å². The van der Waals surface area contributed by atoms with Crippen molar-refractivity contribution >= 4 is 71.1 Å². The maximum atomic E-state index is 10.4. The first-order chi connectivity index (χ1) is 30.6. The van der Waals surface area contributed by atoms with Gasteiger partial charge in [-0.1, -0.05) is 104 Å². The van der Waals surface area contributed by atoms with Crippen molar-refractivity contribution in [1.29, 1.82) is 10.5 Å². The number of nitriles is 2. The summed E-state index contributed by atoms with van der Waals surface area (Å²) in [7, 11) is 0. The molecule has 0 bridgehead atoms. The van der Waals surface area contributed by atoms with E-state index in [0.29, 0.717) is 16.8 Å². The van der Waals surface area contributed by atoms with Crippen molar-refractivity contribution in [2.24, 2.45) is 0 Å². The molecule has 0 radical (unpaired) electrons. The molecule has 0 aliphatic rings. The third-order valence-electron chi connectivity index (χ3n) is 12.2. The Hall–Kier alpha value is -8.64. The Balaban J connectivity index is 1.14. The van der Waals surface area contributed by atoms with Gasteiger partial charge in [0.1, 0.15) is 12.1 Å². The minimum Gasteiger partial charge on any atom is -0.309 e. The standard InChI is InChI=1S/C57H37N5/c1-3-13-43(14-4-2)60-51-21-10-8-19-45(51)47-31-37(23-27-53(47)60)39-25-29-55-49(33-39)50-34-40(26-30-56(50)62(55)57-41(35-58)15-12-16-42(57)36-59)38-24-28-54-48(32-38)46-20-9-11-22-52(46)61(54)44-17-6-5-7-18-44/h3-34H,1H2,2H3/b14-4-,43-13+. The number of benzene rings is 8. The Kier molecular flexibility index (Phi) is 8.56. The molecule has 5 heteroatoms. The van der Waals surface area contributed by atoms with Crippen LogP contribution >= 0.6 is 0 Å². The molecule has 8 aromatic carbocycles. The number of fused-ring (bicyclic) bond motifs is 9. The molecule has 290 valence electrons. The van der Waals surface area contributed by atoms with Crippen LogP contribution in [0.5, 0.6) is 0 Å². The third-order valence-corrected chi connectivity index (χ3v) is 12.2. The van der Waals surface area contributed by atoms with Crippen LogP contribution in [-0.2, 0) is 0 Å². The van der Waals surface area contributed by atoms with Gasteiger partial charge in [0.15, 0.2) is 0 Å². The fraction of sp³-hybridized carbons (Fsp3) is 0.0175. The van der Waals surface area contributed by atoms with E-state index in [2.05, 4.69) is 190 Å². The number of aromatic nitrogens is 3. The maximum Gasteiger partial charge on any atom is 0.101 e. The molecule has 62 heavy (non-hydrogen) atoms. The van der Waals surface area contributed by atoms with Crippen LogP contribution in [0.1, 0.15) is 18.1 Å². The molecule has 11 rings (SSSR count). The topological polar surface area (TPSA) is 62.4 Å². The summed E-state index contributed by atoms with van der Waals surface area (Å²) in [6, 6.07) is 64.3. The van der Waals surface area contributed by atoms with Gasteiger partial charge in [-0.25, -0.2) is 0 Å². The lowest BCUT2D eigenvalue weighted by molar-refractivity contribution is 1.15. The molecular weight excluding hydrogens is 755 g/mol. The van der Waals surface area contributed by atoms with E-state index < -0.39 is 0 Å². The van der Waals surface area contributed by atoms with Gasteiger partial charge in [0.2, 0.25) is 0 Å². The Labute approximate surface area is 358 Å². The highest BCUT2D eigenvalue weighted by molar-refractivity contribution is 6.15. The molecule has 0 saturated heterocycles. The molecule has 0 N–H and O–H groups in total. The van der Waals surface area contributed by atoms with Gasteiger partial charge in [0.05, 0.1) is 49.9 Å². The quantitative estimate of drug-likeness (QED) is 0.151. The van der Waals surface area contributed by atoms with Crippen molar-refractivity contribution in [3.63, 3.8) is 0 Å². The SMILES string of the molecule is C=C/C=C(\C=C/C)n1c2ccccc2c2cc(-c3ccc4c(c3)c3cc(-c5ccc6c(c5)c5ccccc5n6-c5ccccc5)ccc3n4-c3c(C#N)cccc3C#N)ccc21. The van der Waals surface area contributed by atoms with Gasteiger partial charge >= 0.3 is 0 Å². The fourth-order valence-corrected chi connectivity index (χ4v) is 9.52. The lowest BCUT2D eigenvalue weighted by Gasteiger charge is -2.12. The molecule has 0 atom stereocenters. The van der Waals surface area contributed by atoms with Crippen molar-refractivity contribution in [2.75, 3.05) is 0 Å². The predicted octanol–water partition coefficient (Wildman–Crippen LogP) is 14.7. The van der Waals surface area contributed by atoms with Crippen LogP contribution in [0.25, 0.3) is 105 Å². The molecule has 0 aliphatic heterocycles. The van der Waals surface area contributed by atoms with E-state index in [1.807, 2.05) is 25.1 Å². The second kappa shape index (κ2) is 14.6. The minimum atomic E-state index is 0.445. The van der Waals surface area contributed by atoms with E-state index in [-0.39, 0.29) is 0 Å². The molecule has 0 unspecified atom stereocenters. The van der Waals surface area contributed by atoms with Crippen LogP contribution in [-0.4, -0.2) is 13.7 Å². The third kappa shape index (κ3) is 5.54. The molecule has 3 heterocycles. The number of nitrogens with zero attached hydrogens (tertiary/aromatic N) is 5. The Bertz CT molecular complexity index is 3770. The Morgan fingerprint density at radius 2 is 0.903 bits per heavy atom. The minimum absolute atomic E-state index is 0.445. The molecule has 11 aromatic rings. The average Bonchev–Trinajstić information content (AvgIpc) is 3.96. The molecule has 0 saturated carbocycles. The van der Waals surface area contributed by atoms with Gasteiger partial charge < -0.3 is 13.7 Å². The van der Waals surface area contributed by atoms with E-state index in [1.165, 1.54) is 16.2 Å². The van der Waals surface area contributed by atoms with Crippen molar-refractivity contribution in [2.45, 2.75) is 6.92 Å². The number of allylic oxidation sites excluding steroid dienone is 5. The molecule has 3 aromatic heterocycles. The van der Waals surface area contributed by atoms with E-state index in [1.54, 1.807) is 18.2 Å². The van der Waals surface area contributed by atoms with Gasteiger partial charge in [-0.05, 0) is 126 Å². The van der Waals surface area contributed by atoms with Crippen molar-refractivity contribution < 1.29 is 0 Å². The van der Waals surface area contributed by atoms with Gasteiger partial charge in [-0.3, -0.25) is 0 Å². The lowest BCUT2D eigenvalue weighted by Crippen LogP contribution is -2.01. The highest BCUT2D eigenvalue weighted by Gasteiger charge is 2.21. The Morgan fingerprint density at radius 3 is 1.45 bits per heavy atom. The summed E-state index contributed by atoms with van der Waals surface area (Å²) in [5.74, 6) is 0. The first-order valence-corrected chi connectivity index (χ1v) is 20.7. The van der Waals surface area contributed by atoms with Gasteiger partial charge in [0, 0.05) is 43.7 Å². The monoisotopic (exact) mass is 791 g/mol. The molecule has 0 fully saturated rings. The zero-order valence-corrected chi connectivity index (χ0v) is 33.9. The van der Waals surface area contributed by atoms with Crippen LogP contribution in [0.2, 0.25) is 0 Å². The number of hydrogen-bond donors (Lipinski definition) is 0. The van der Waals surface area contributed by atoms with E-state index in [9.17, 15) is 10.5 Å². The normalized spacial score (nSPS) is 12.0. The van der Waals surface area contributed by atoms with Crippen LogP contribution < -0.4 is 0 Å². The average molecular weight is 792 g/mol. The largest absolute Gasteiger partial charge is 0.309 e.